The molecule has 7 heteroatoms. The maximum absolute atomic E-state index is 5.81. The number of hydrogen-bond acceptors (Lipinski definition) is 7. The molecule has 5 rings (SSSR count). The molecule has 0 spiro atoms. The third-order valence-corrected chi connectivity index (χ3v) is 6.23. The molecule has 2 aromatic heterocycles. The van der Waals surface area contributed by atoms with Gasteiger partial charge in [0.1, 0.15) is 0 Å². The summed E-state index contributed by atoms with van der Waals surface area (Å²) in [5.41, 5.74) is 0.923. The second-order valence-electron chi connectivity index (χ2n) is 7.80. The number of aryl methyl sites for hydroxylation is 1. The van der Waals surface area contributed by atoms with Gasteiger partial charge >= 0.3 is 0 Å². The van der Waals surface area contributed by atoms with Crippen LogP contribution in [0.4, 0.5) is 0 Å². The molecule has 0 amide bonds. The van der Waals surface area contributed by atoms with E-state index < -0.39 is 0 Å². The maximum atomic E-state index is 5.81. The summed E-state index contributed by atoms with van der Waals surface area (Å²) in [7, 11) is 0. The molecule has 2 fully saturated rings. The summed E-state index contributed by atoms with van der Waals surface area (Å²) in [6.45, 7) is 5.83. The smallest absolute Gasteiger partial charge is 0.234 e. The highest BCUT2D eigenvalue weighted by Crippen LogP contribution is 2.51. The van der Waals surface area contributed by atoms with Crippen molar-refractivity contribution in [1.82, 2.24) is 25.2 Å². The van der Waals surface area contributed by atoms with E-state index in [1.165, 1.54) is 12.8 Å². The van der Waals surface area contributed by atoms with Crippen LogP contribution in [-0.2, 0) is 5.41 Å². The summed E-state index contributed by atoms with van der Waals surface area (Å²) in [6.07, 6.45) is 3.48. The highest BCUT2D eigenvalue weighted by atomic mass is 16.5. The van der Waals surface area contributed by atoms with E-state index in [1.807, 2.05) is 37.3 Å². The zero-order valence-electron chi connectivity index (χ0n) is 15.6. The predicted molar refractivity (Wildman–Crippen MR) is 97.8 cm³/mol. The first-order valence-corrected chi connectivity index (χ1v) is 9.59. The van der Waals surface area contributed by atoms with E-state index in [1.54, 1.807) is 0 Å². The Labute approximate surface area is 157 Å². The van der Waals surface area contributed by atoms with Crippen LogP contribution in [0, 0.1) is 12.8 Å². The lowest BCUT2D eigenvalue weighted by Gasteiger charge is -2.26. The Hall–Kier alpha value is -2.54. The van der Waals surface area contributed by atoms with Gasteiger partial charge in [-0.15, -0.1) is 10.2 Å². The molecule has 1 saturated heterocycles. The summed E-state index contributed by atoms with van der Waals surface area (Å²) in [6, 6.07) is 10.1. The van der Waals surface area contributed by atoms with Gasteiger partial charge in [0.2, 0.25) is 23.5 Å². The molecule has 1 aliphatic carbocycles. The molecular formula is C20H23N5O2. The molecule has 0 bridgehead atoms. The van der Waals surface area contributed by atoms with Gasteiger partial charge in [0.15, 0.2) is 0 Å². The lowest BCUT2D eigenvalue weighted by Crippen LogP contribution is -2.33. The monoisotopic (exact) mass is 365 g/mol. The van der Waals surface area contributed by atoms with E-state index >= 15 is 0 Å². The van der Waals surface area contributed by atoms with E-state index in [4.69, 9.17) is 13.9 Å². The van der Waals surface area contributed by atoms with Gasteiger partial charge in [0.25, 0.3) is 0 Å². The van der Waals surface area contributed by atoms with Crippen molar-refractivity contribution in [3.05, 3.63) is 48.0 Å². The molecule has 27 heavy (non-hydrogen) atoms. The van der Waals surface area contributed by atoms with E-state index in [-0.39, 0.29) is 11.5 Å². The van der Waals surface area contributed by atoms with Gasteiger partial charge in [-0.05, 0) is 25.7 Å². The number of nitrogens with zero attached hydrogens (tertiary/aromatic N) is 5. The summed E-state index contributed by atoms with van der Waals surface area (Å²) in [5, 5.41) is 12.5. The Morgan fingerprint density at radius 2 is 2.07 bits per heavy atom. The van der Waals surface area contributed by atoms with Gasteiger partial charge < -0.3 is 8.94 Å². The highest BCUT2D eigenvalue weighted by Gasteiger charge is 2.55. The van der Waals surface area contributed by atoms with Crippen LogP contribution in [-0.4, -0.2) is 38.3 Å². The topological polar surface area (TPSA) is 81.1 Å². The van der Waals surface area contributed by atoms with Gasteiger partial charge in [-0.2, -0.15) is 4.98 Å². The Balaban J connectivity index is 1.44. The SMILES string of the molecule is Cc1nnc(C(C)N2C[C@H]3CCC[C@@]3(c3nc(-c4ccccc4)no3)C2)o1. The minimum absolute atomic E-state index is 0.0661. The fourth-order valence-corrected chi connectivity index (χ4v) is 4.74. The molecule has 3 heterocycles. The Morgan fingerprint density at radius 1 is 1.22 bits per heavy atom. The van der Waals surface area contributed by atoms with Crippen molar-refractivity contribution >= 4 is 0 Å². The maximum Gasteiger partial charge on any atom is 0.234 e. The summed E-state index contributed by atoms with van der Waals surface area (Å²) >= 11 is 0. The van der Waals surface area contributed by atoms with Crippen LogP contribution in [0.15, 0.2) is 39.3 Å². The number of likely N-dealkylation sites (tertiary alicyclic amines) is 1. The first-order chi connectivity index (χ1) is 13.2. The standard InChI is InChI=1S/C20H23N5O2/c1-13(18-23-22-14(2)26-18)25-11-16-9-6-10-20(16,12-25)19-21-17(24-27-19)15-7-4-3-5-8-15/h3-5,7-8,13,16H,6,9-12H2,1-2H3/t13?,16-,20-/m1/s1. The first-order valence-electron chi connectivity index (χ1n) is 9.59. The van der Waals surface area contributed by atoms with E-state index in [0.717, 1.165) is 31.0 Å². The van der Waals surface area contributed by atoms with E-state index in [2.05, 4.69) is 27.2 Å². The van der Waals surface area contributed by atoms with Gasteiger partial charge in [-0.1, -0.05) is 41.9 Å². The minimum Gasteiger partial charge on any atom is -0.424 e. The zero-order valence-corrected chi connectivity index (χ0v) is 15.6. The summed E-state index contributed by atoms with van der Waals surface area (Å²) in [4.78, 5) is 7.23. The third kappa shape index (κ3) is 2.68. The number of aromatic nitrogens is 4. The molecule has 0 N–H and O–H groups in total. The van der Waals surface area contributed by atoms with Crippen molar-refractivity contribution < 1.29 is 8.94 Å². The predicted octanol–water partition coefficient (Wildman–Crippen LogP) is 3.54. The largest absolute Gasteiger partial charge is 0.424 e. The molecular weight excluding hydrogens is 342 g/mol. The molecule has 1 aliphatic heterocycles. The molecule has 2 aliphatic rings. The molecule has 1 saturated carbocycles. The van der Waals surface area contributed by atoms with Crippen molar-refractivity contribution in [3.8, 4) is 11.4 Å². The summed E-state index contributed by atoms with van der Waals surface area (Å²) in [5.74, 6) is 3.26. The zero-order chi connectivity index (χ0) is 18.4. The van der Waals surface area contributed by atoms with Crippen molar-refractivity contribution in [1.29, 1.82) is 0 Å². The minimum atomic E-state index is -0.0661. The number of rotatable bonds is 4. The Bertz CT molecular complexity index is 937. The van der Waals surface area contributed by atoms with Crippen molar-refractivity contribution in [2.75, 3.05) is 13.1 Å². The van der Waals surface area contributed by atoms with Gasteiger partial charge in [-0.25, -0.2) is 0 Å². The second-order valence-corrected chi connectivity index (χ2v) is 7.80. The molecule has 7 nitrogen and oxygen atoms in total. The fraction of sp³-hybridized carbons (Fsp3) is 0.500. The number of fused-ring (bicyclic) bond motifs is 1. The van der Waals surface area contributed by atoms with Crippen molar-refractivity contribution in [2.45, 2.75) is 44.6 Å². The molecule has 1 aromatic carbocycles. The van der Waals surface area contributed by atoms with Crippen LogP contribution < -0.4 is 0 Å². The number of hydrogen-bond donors (Lipinski definition) is 0. The van der Waals surface area contributed by atoms with Crippen LogP contribution in [0.1, 0.15) is 49.9 Å². The Kier molecular flexibility index (Phi) is 3.86. The normalized spacial score (nSPS) is 26.4. The van der Waals surface area contributed by atoms with Crippen LogP contribution in [0.3, 0.4) is 0 Å². The average molecular weight is 365 g/mol. The fourth-order valence-electron chi connectivity index (χ4n) is 4.74. The molecule has 3 aromatic rings. The van der Waals surface area contributed by atoms with Gasteiger partial charge in [0.05, 0.1) is 11.5 Å². The lowest BCUT2D eigenvalue weighted by atomic mass is 9.80. The first kappa shape index (κ1) is 16.6. The third-order valence-electron chi connectivity index (χ3n) is 6.23. The van der Waals surface area contributed by atoms with Crippen molar-refractivity contribution in [2.24, 2.45) is 5.92 Å². The average Bonchev–Trinajstić information content (AvgIpc) is 3.44. The van der Waals surface area contributed by atoms with Gasteiger partial charge in [-0.3, -0.25) is 4.90 Å². The molecule has 0 radical (unpaired) electrons. The molecule has 3 atom stereocenters. The van der Waals surface area contributed by atoms with Crippen molar-refractivity contribution in [3.63, 3.8) is 0 Å². The quantitative estimate of drug-likeness (QED) is 0.699. The number of benzene rings is 1. The van der Waals surface area contributed by atoms with Gasteiger partial charge in [0, 0.05) is 25.6 Å². The molecule has 1 unspecified atom stereocenters. The lowest BCUT2D eigenvalue weighted by molar-refractivity contribution is 0.193. The van der Waals surface area contributed by atoms with E-state index in [0.29, 0.717) is 23.5 Å². The molecule has 140 valence electrons. The highest BCUT2D eigenvalue weighted by molar-refractivity contribution is 5.53. The van der Waals surface area contributed by atoms with Crippen LogP contribution in [0.25, 0.3) is 11.4 Å². The van der Waals surface area contributed by atoms with Crippen LogP contribution in [0.2, 0.25) is 0 Å². The van der Waals surface area contributed by atoms with E-state index in [9.17, 15) is 0 Å². The second kappa shape index (κ2) is 6.27. The summed E-state index contributed by atoms with van der Waals surface area (Å²) < 4.78 is 11.5. The van der Waals surface area contributed by atoms with Crippen LogP contribution in [0.5, 0.6) is 0 Å². The van der Waals surface area contributed by atoms with Crippen LogP contribution >= 0.6 is 0 Å². The Morgan fingerprint density at radius 3 is 2.85 bits per heavy atom.